The minimum Gasteiger partial charge on any atom is -0.494 e. The van der Waals surface area contributed by atoms with Crippen molar-refractivity contribution in [3.63, 3.8) is 0 Å². The molecular formula is C17H16F2N2O2. The SMILES string of the molecule is O=C1CNc2cc(F)c(F)cc2N1CCCOc1ccccc1. The highest BCUT2D eigenvalue weighted by Gasteiger charge is 2.25. The van der Waals surface area contributed by atoms with Crippen LogP contribution in [-0.4, -0.2) is 25.6 Å². The average molecular weight is 318 g/mol. The topological polar surface area (TPSA) is 41.6 Å². The van der Waals surface area contributed by atoms with Gasteiger partial charge in [-0.05, 0) is 18.6 Å². The van der Waals surface area contributed by atoms with Gasteiger partial charge < -0.3 is 15.0 Å². The van der Waals surface area contributed by atoms with Crippen molar-refractivity contribution in [3.05, 3.63) is 54.1 Å². The molecule has 1 aliphatic heterocycles. The Balaban J connectivity index is 1.64. The number of benzene rings is 2. The van der Waals surface area contributed by atoms with Gasteiger partial charge in [0.2, 0.25) is 5.91 Å². The van der Waals surface area contributed by atoms with Crippen molar-refractivity contribution < 1.29 is 18.3 Å². The molecule has 1 heterocycles. The maximum atomic E-state index is 13.5. The van der Waals surface area contributed by atoms with E-state index in [9.17, 15) is 13.6 Å². The summed E-state index contributed by atoms with van der Waals surface area (Å²) >= 11 is 0. The first-order valence-corrected chi connectivity index (χ1v) is 7.36. The largest absolute Gasteiger partial charge is 0.494 e. The third-order valence-corrected chi connectivity index (χ3v) is 3.60. The van der Waals surface area contributed by atoms with Gasteiger partial charge in [0.05, 0.1) is 24.5 Å². The van der Waals surface area contributed by atoms with Crippen molar-refractivity contribution in [2.45, 2.75) is 6.42 Å². The van der Waals surface area contributed by atoms with Crippen LogP contribution in [0.1, 0.15) is 6.42 Å². The molecule has 2 aromatic carbocycles. The van der Waals surface area contributed by atoms with Crippen LogP contribution in [0.3, 0.4) is 0 Å². The number of carbonyl (C=O) groups excluding carboxylic acids is 1. The fourth-order valence-corrected chi connectivity index (χ4v) is 2.48. The van der Waals surface area contributed by atoms with E-state index in [-0.39, 0.29) is 12.5 Å². The van der Waals surface area contributed by atoms with E-state index < -0.39 is 11.6 Å². The molecule has 0 saturated carbocycles. The molecule has 0 radical (unpaired) electrons. The number of ether oxygens (including phenoxy) is 1. The maximum Gasteiger partial charge on any atom is 0.246 e. The lowest BCUT2D eigenvalue weighted by Gasteiger charge is -2.30. The van der Waals surface area contributed by atoms with E-state index in [1.54, 1.807) is 0 Å². The minimum atomic E-state index is -0.967. The Morgan fingerprint density at radius 3 is 2.65 bits per heavy atom. The van der Waals surface area contributed by atoms with Crippen molar-refractivity contribution in [2.75, 3.05) is 29.9 Å². The number of fused-ring (bicyclic) bond motifs is 1. The molecule has 0 spiro atoms. The Morgan fingerprint density at radius 1 is 1.13 bits per heavy atom. The number of rotatable bonds is 5. The van der Waals surface area contributed by atoms with Crippen molar-refractivity contribution >= 4 is 17.3 Å². The summed E-state index contributed by atoms with van der Waals surface area (Å²) in [5.74, 6) is -1.32. The molecule has 23 heavy (non-hydrogen) atoms. The number of para-hydroxylation sites is 1. The zero-order valence-corrected chi connectivity index (χ0v) is 12.4. The fourth-order valence-electron chi connectivity index (χ4n) is 2.48. The highest BCUT2D eigenvalue weighted by Crippen LogP contribution is 2.31. The van der Waals surface area contributed by atoms with Gasteiger partial charge in [-0.3, -0.25) is 4.79 Å². The van der Waals surface area contributed by atoms with E-state index in [1.807, 2.05) is 30.3 Å². The quantitative estimate of drug-likeness (QED) is 0.861. The highest BCUT2D eigenvalue weighted by atomic mass is 19.2. The minimum absolute atomic E-state index is 0.0671. The molecule has 6 heteroatoms. The van der Waals surface area contributed by atoms with Gasteiger partial charge >= 0.3 is 0 Å². The van der Waals surface area contributed by atoms with Gasteiger partial charge in [0.25, 0.3) is 0 Å². The second-order valence-corrected chi connectivity index (χ2v) is 5.20. The predicted octanol–water partition coefficient (Wildman–Crippen LogP) is 3.19. The van der Waals surface area contributed by atoms with Crippen LogP contribution < -0.4 is 15.0 Å². The molecule has 3 rings (SSSR count). The molecule has 2 aromatic rings. The number of anilines is 2. The van der Waals surface area contributed by atoms with E-state index in [4.69, 9.17) is 4.74 Å². The van der Waals surface area contributed by atoms with Gasteiger partial charge in [-0.25, -0.2) is 8.78 Å². The van der Waals surface area contributed by atoms with Gasteiger partial charge in [0, 0.05) is 18.7 Å². The molecule has 0 aliphatic carbocycles. The van der Waals surface area contributed by atoms with E-state index in [0.717, 1.165) is 17.9 Å². The number of carbonyl (C=O) groups is 1. The summed E-state index contributed by atoms with van der Waals surface area (Å²) in [6.07, 6.45) is 0.582. The van der Waals surface area contributed by atoms with E-state index in [1.165, 1.54) is 4.90 Å². The van der Waals surface area contributed by atoms with E-state index in [0.29, 0.717) is 30.9 Å². The zero-order chi connectivity index (χ0) is 16.2. The Bertz CT molecular complexity index is 707. The molecule has 0 aromatic heterocycles. The van der Waals surface area contributed by atoms with Crippen LogP contribution >= 0.6 is 0 Å². The lowest BCUT2D eigenvalue weighted by atomic mass is 10.1. The first kappa shape index (κ1) is 15.3. The average Bonchev–Trinajstić information content (AvgIpc) is 2.56. The first-order chi connectivity index (χ1) is 11.1. The van der Waals surface area contributed by atoms with Gasteiger partial charge in [0.1, 0.15) is 5.75 Å². The number of hydrogen-bond acceptors (Lipinski definition) is 3. The summed E-state index contributed by atoms with van der Waals surface area (Å²) in [6, 6.07) is 11.5. The number of nitrogens with one attached hydrogen (secondary N) is 1. The van der Waals surface area contributed by atoms with Crippen molar-refractivity contribution in [1.82, 2.24) is 0 Å². The molecule has 1 aliphatic rings. The summed E-state index contributed by atoms with van der Waals surface area (Å²) in [4.78, 5) is 13.5. The molecular weight excluding hydrogens is 302 g/mol. The van der Waals surface area contributed by atoms with Crippen LogP contribution in [0.4, 0.5) is 20.2 Å². The van der Waals surface area contributed by atoms with Crippen molar-refractivity contribution in [3.8, 4) is 5.75 Å². The van der Waals surface area contributed by atoms with Crippen LogP contribution in [0.5, 0.6) is 5.75 Å². The third-order valence-electron chi connectivity index (χ3n) is 3.60. The Labute approximate surface area is 132 Å². The van der Waals surface area contributed by atoms with Crippen molar-refractivity contribution in [1.29, 1.82) is 0 Å². The first-order valence-electron chi connectivity index (χ1n) is 7.36. The summed E-state index contributed by atoms with van der Waals surface area (Å²) in [5.41, 5.74) is 0.785. The van der Waals surface area contributed by atoms with Crippen LogP contribution in [0.2, 0.25) is 0 Å². The Kier molecular flexibility index (Phi) is 4.41. The molecule has 0 atom stereocenters. The smallest absolute Gasteiger partial charge is 0.246 e. The standard InChI is InChI=1S/C17H16F2N2O2/c18-13-9-15-16(10-14(13)19)21(17(22)11-20-15)7-4-8-23-12-5-2-1-3-6-12/h1-3,5-6,9-10,20H,4,7-8,11H2. The maximum absolute atomic E-state index is 13.5. The summed E-state index contributed by atoms with van der Waals surface area (Å²) < 4.78 is 32.3. The van der Waals surface area contributed by atoms with E-state index in [2.05, 4.69) is 5.32 Å². The molecule has 1 N–H and O–H groups in total. The second-order valence-electron chi connectivity index (χ2n) is 5.20. The Morgan fingerprint density at radius 2 is 1.87 bits per heavy atom. The van der Waals surface area contributed by atoms with Gasteiger partial charge in [-0.2, -0.15) is 0 Å². The normalized spacial score (nSPS) is 13.5. The number of amides is 1. The lowest BCUT2D eigenvalue weighted by Crippen LogP contribution is -2.41. The predicted molar refractivity (Wildman–Crippen MR) is 83.8 cm³/mol. The van der Waals surface area contributed by atoms with Crippen molar-refractivity contribution in [2.24, 2.45) is 0 Å². The molecule has 0 unspecified atom stereocenters. The lowest BCUT2D eigenvalue weighted by molar-refractivity contribution is -0.117. The molecule has 0 saturated heterocycles. The molecule has 0 bridgehead atoms. The number of hydrogen-bond donors (Lipinski definition) is 1. The second kappa shape index (κ2) is 6.64. The highest BCUT2D eigenvalue weighted by molar-refractivity contribution is 6.02. The van der Waals surface area contributed by atoms with Crippen LogP contribution in [0, 0.1) is 11.6 Å². The number of nitrogens with zero attached hydrogens (tertiary/aromatic N) is 1. The Hall–Kier alpha value is -2.63. The monoisotopic (exact) mass is 318 g/mol. The van der Waals surface area contributed by atoms with Gasteiger partial charge in [0.15, 0.2) is 11.6 Å². The molecule has 4 nitrogen and oxygen atoms in total. The van der Waals surface area contributed by atoms with E-state index >= 15 is 0 Å². The molecule has 120 valence electrons. The summed E-state index contributed by atoms with van der Waals surface area (Å²) in [6.45, 7) is 0.878. The number of halogens is 2. The molecule has 0 fully saturated rings. The molecule has 1 amide bonds. The third kappa shape index (κ3) is 3.41. The van der Waals surface area contributed by atoms with Crippen LogP contribution in [-0.2, 0) is 4.79 Å². The van der Waals surface area contributed by atoms with Crippen LogP contribution in [0.25, 0.3) is 0 Å². The summed E-state index contributed by atoms with van der Waals surface area (Å²) in [5, 5.41) is 2.80. The zero-order valence-electron chi connectivity index (χ0n) is 12.4. The summed E-state index contributed by atoms with van der Waals surface area (Å²) in [7, 11) is 0. The van der Waals surface area contributed by atoms with Gasteiger partial charge in [-0.1, -0.05) is 18.2 Å². The van der Waals surface area contributed by atoms with Gasteiger partial charge in [-0.15, -0.1) is 0 Å². The fraction of sp³-hybridized carbons (Fsp3) is 0.235. The van der Waals surface area contributed by atoms with Crippen LogP contribution in [0.15, 0.2) is 42.5 Å².